The number of aryl methyl sites for hydroxylation is 2. The molecule has 3 aromatic rings. The summed E-state index contributed by atoms with van der Waals surface area (Å²) in [5.74, 6) is 0.220. The van der Waals surface area contributed by atoms with Gasteiger partial charge in [0.25, 0.3) is 0 Å². The van der Waals surface area contributed by atoms with Crippen LogP contribution in [0.15, 0.2) is 29.9 Å². The normalized spacial score (nSPS) is 11.2. The van der Waals surface area contributed by atoms with Gasteiger partial charge in [-0.05, 0) is 13.0 Å². The second-order valence-electron chi connectivity index (χ2n) is 5.58. The lowest BCUT2D eigenvalue weighted by Gasteiger charge is -2.21. The number of hydrogen-bond donors (Lipinski definition) is 1. The van der Waals surface area contributed by atoms with E-state index in [0.29, 0.717) is 13.1 Å². The van der Waals surface area contributed by atoms with Gasteiger partial charge >= 0.3 is 0 Å². The summed E-state index contributed by atoms with van der Waals surface area (Å²) < 4.78 is 1.87. The lowest BCUT2D eigenvalue weighted by molar-refractivity contribution is -0.129. The van der Waals surface area contributed by atoms with Gasteiger partial charge in [-0.1, -0.05) is 11.8 Å². The third-order valence-electron chi connectivity index (χ3n) is 3.74. The summed E-state index contributed by atoms with van der Waals surface area (Å²) in [5, 5.41) is 11.1. The molecule has 9 heteroatoms. The first-order valence-corrected chi connectivity index (χ1v) is 9.56. The Morgan fingerprint density at radius 3 is 3.00 bits per heavy atom. The van der Waals surface area contributed by atoms with E-state index in [0.717, 1.165) is 20.9 Å². The summed E-state index contributed by atoms with van der Waals surface area (Å²) in [4.78, 5) is 29.0. The predicted molar refractivity (Wildman–Crippen MR) is 98.6 cm³/mol. The number of thioether (sulfide) groups is 1. The number of fused-ring (bicyclic) bond motifs is 1. The molecule has 132 valence electrons. The van der Waals surface area contributed by atoms with Crippen molar-refractivity contribution in [1.82, 2.24) is 24.4 Å². The van der Waals surface area contributed by atoms with Gasteiger partial charge in [0.2, 0.25) is 5.91 Å². The van der Waals surface area contributed by atoms with Gasteiger partial charge in [-0.15, -0.1) is 11.3 Å². The summed E-state index contributed by atoms with van der Waals surface area (Å²) >= 11 is 3.02. The minimum atomic E-state index is -0.0737. The van der Waals surface area contributed by atoms with Crippen LogP contribution in [0, 0.1) is 6.92 Å². The largest absolute Gasteiger partial charge is 0.395 e. The van der Waals surface area contributed by atoms with Gasteiger partial charge in [0.05, 0.1) is 30.9 Å². The molecule has 0 aromatic carbocycles. The molecule has 0 spiro atoms. The average Bonchev–Trinajstić information content (AvgIpc) is 3.17. The molecule has 0 aliphatic rings. The van der Waals surface area contributed by atoms with Crippen LogP contribution in [-0.2, 0) is 18.4 Å². The van der Waals surface area contributed by atoms with Crippen LogP contribution in [0.25, 0.3) is 10.2 Å². The Hall–Kier alpha value is -1.97. The van der Waals surface area contributed by atoms with Gasteiger partial charge in [-0.25, -0.2) is 15.0 Å². The van der Waals surface area contributed by atoms with Crippen molar-refractivity contribution < 1.29 is 9.90 Å². The molecular formula is C16H19N5O2S2. The van der Waals surface area contributed by atoms with E-state index in [-0.39, 0.29) is 18.3 Å². The summed E-state index contributed by atoms with van der Waals surface area (Å²) in [5.41, 5.74) is 0.921. The van der Waals surface area contributed by atoms with E-state index in [1.54, 1.807) is 28.8 Å². The molecule has 3 heterocycles. The number of aliphatic hydroxyl groups excluding tert-OH is 1. The van der Waals surface area contributed by atoms with E-state index in [4.69, 9.17) is 0 Å². The van der Waals surface area contributed by atoms with E-state index in [2.05, 4.69) is 15.0 Å². The zero-order valence-electron chi connectivity index (χ0n) is 14.0. The quantitative estimate of drug-likeness (QED) is 0.500. The molecule has 0 unspecified atom stereocenters. The molecule has 0 aliphatic heterocycles. The van der Waals surface area contributed by atoms with Crippen molar-refractivity contribution in [2.24, 2.45) is 7.05 Å². The van der Waals surface area contributed by atoms with Crippen molar-refractivity contribution in [2.75, 3.05) is 18.9 Å². The molecule has 0 bridgehead atoms. The molecule has 0 radical (unpaired) electrons. The van der Waals surface area contributed by atoms with Crippen molar-refractivity contribution in [3.63, 3.8) is 0 Å². The van der Waals surface area contributed by atoms with Crippen molar-refractivity contribution in [2.45, 2.75) is 18.5 Å². The van der Waals surface area contributed by atoms with Crippen LogP contribution >= 0.6 is 23.1 Å². The number of aromatic nitrogens is 4. The van der Waals surface area contributed by atoms with Gasteiger partial charge in [0.15, 0.2) is 0 Å². The van der Waals surface area contributed by atoms with E-state index in [1.807, 2.05) is 24.6 Å². The molecule has 0 fully saturated rings. The first-order chi connectivity index (χ1) is 12.1. The van der Waals surface area contributed by atoms with Crippen molar-refractivity contribution in [3.8, 4) is 0 Å². The SMILES string of the molecule is Cc1cc2c(SCC(=O)N(CCO)Cc3cncn3C)ncnc2s1. The monoisotopic (exact) mass is 377 g/mol. The van der Waals surface area contributed by atoms with Crippen molar-refractivity contribution in [1.29, 1.82) is 0 Å². The van der Waals surface area contributed by atoms with Crippen LogP contribution in [0.2, 0.25) is 0 Å². The summed E-state index contributed by atoms with van der Waals surface area (Å²) in [6.45, 7) is 2.67. The van der Waals surface area contributed by atoms with E-state index in [1.165, 1.54) is 23.0 Å². The first kappa shape index (κ1) is 17.8. The molecule has 0 saturated carbocycles. The van der Waals surface area contributed by atoms with Gasteiger partial charge in [-0.3, -0.25) is 4.79 Å². The Labute approximate surface area is 153 Å². The number of hydrogen-bond acceptors (Lipinski definition) is 7. The minimum absolute atomic E-state index is 0.0426. The predicted octanol–water partition coefficient (Wildman–Crippen LogP) is 1.85. The van der Waals surface area contributed by atoms with Gasteiger partial charge in [-0.2, -0.15) is 0 Å². The van der Waals surface area contributed by atoms with Crippen LogP contribution < -0.4 is 0 Å². The van der Waals surface area contributed by atoms with Crippen LogP contribution in [0.5, 0.6) is 0 Å². The number of carbonyl (C=O) groups excluding carboxylic acids is 1. The highest BCUT2D eigenvalue weighted by molar-refractivity contribution is 8.00. The molecule has 3 rings (SSSR count). The second-order valence-corrected chi connectivity index (χ2v) is 7.78. The summed E-state index contributed by atoms with van der Waals surface area (Å²) in [6.07, 6.45) is 4.96. The Kier molecular flexibility index (Phi) is 5.67. The molecule has 0 aliphatic carbocycles. The zero-order chi connectivity index (χ0) is 17.8. The highest BCUT2D eigenvalue weighted by atomic mass is 32.2. The Balaban J connectivity index is 1.69. The van der Waals surface area contributed by atoms with Crippen LogP contribution in [0.4, 0.5) is 0 Å². The molecule has 0 saturated heterocycles. The Morgan fingerprint density at radius 1 is 1.44 bits per heavy atom. The summed E-state index contributed by atoms with van der Waals surface area (Å²) in [6, 6.07) is 2.05. The maximum absolute atomic E-state index is 12.6. The smallest absolute Gasteiger partial charge is 0.233 e. The maximum Gasteiger partial charge on any atom is 0.233 e. The molecule has 0 atom stereocenters. The number of amides is 1. The first-order valence-electron chi connectivity index (χ1n) is 7.76. The third-order valence-corrected chi connectivity index (χ3v) is 5.69. The molecule has 25 heavy (non-hydrogen) atoms. The van der Waals surface area contributed by atoms with Crippen LogP contribution in [-0.4, -0.2) is 54.3 Å². The zero-order valence-corrected chi connectivity index (χ0v) is 15.7. The van der Waals surface area contributed by atoms with Gasteiger partial charge in [0.1, 0.15) is 16.2 Å². The topological polar surface area (TPSA) is 84.1 Å². The second kappa shape index (κ2) is 7.94. The van der Waals surface area contributed by atoms with Crippen molar-refractivity contribution >= 4 is 39.2 Å². The van der Waals surface area contributed by atoms with Gasteiger partial charge in [0, 0.05) is 30.1 Å². The Morgan fingerprint density at radius 2 is 2.28 bits per heavy atom. The van der Waals surface area contributed by atoms with Crippen molar-refractivity contribution in [3.05, 3.63) is 35.5 Å². The number of carbonyl (C=O) groups is 1. The number of aliphatic hydroxyl groups is 1. The van der Waals surface area contributed by atoms with Gasteiger partial charge < -0.3 is 14.6 Å². The number of nitrogens with zero attached hydrogens (tertiary/aromatic N) is 5. The highest BCUT2D eigenvalue weighted by Gasteiger charge is 2.17. The molecule has 7 nitrogen and oxygen atoms in total. The Bertz CT molecular complexity index is 876. The summed E-state index contributed by atoms with van der Waals surface area (Å²) in [7, 11) is 1.88. The lowest BCUT2D eigenvalue weighted by Crippen LogP contribution is -2.35. The fraction of sp³-hybridized carbons (Fsp3) is 0.375. The average molecular weight is 377 g/mol. The minimum Gasteiger partial charge on any atom is -0.395 e. The molecule has 3 aromatic heterocycles. The number of rotatable bonds is 7. The number of imidazole rings is 1. The van der Waals surface area contributed by atoms with E-state index < -0.39 is 0 Å². The number of thiophene rings is 1. The fourth-order valence-corrected chi connectivity index (χ4v) is 4.22. The standard InChI is InChI=1S/C16H19N5O2S2/c1-11-5-13-15(18-9-19-16(13)25-11)24-8-14(23)21(3-4-22)7-12-6-17-10-20(12)2/h5-6,9-10,22H,3-4,7-8H2,1-2H3. The molecular weight excluding hydrogens is 358 g/mol. The van der Waals surface area contributed by atoms with Crippen LogP contribution in [0.3, 0.4) is 0 Å². The van der Waals surface area contributed by atoms with E-state index >= 15 is 0 Å². The van der Waals surface area contributed by atoms with Crippen LogP contribution in [0.1, 0.15) is 10.6 Å². The lowest BCUT2D eigenvalue weighted by atomic mass is 10.4. The maximum atomic E-state index is 12.6. The van der Waals surface area contributed by atoms with E-state index in [9.17, 15) is 9.90 Å². The molecule has 1 N–H and O–H groups in total. The fourth-order valence-electron chi connectivity index (χ4n) is 2.44. The molecule has 1 amide bonds. The highest BCUT2D eigenvalue weighted by Crippen LogP contribution is 2.30. The third kappa shape index (κ3) is 4.17.